The van der Waals surface area contributed by atoms with Crippen molar-refractivity contribution in [3.8, 4) is 0 Å². The summed E-state index contributed by atoms with van der Waals surface area (Å²) >= 11 is 0. The molecule has 0 aliphatic carbocycles. The Kier molecular flexibility index (Phi) is 5.44. The highest BCUT2D eigenvalue weighted by molar-refractivity contribution is 5.88. The second-order valence-corrected chi connectivity index (χ2v) is 7.32. The van der Waals surface area contributed by atoms with Gasteiger partial charge in [0.05, 0.1) is 5.92 Å². The third kappa shape index (κ3) is 4.15. The maximum Gasteiger partial charge on any atom is 0.318 e. The van der Waals surface area contributed by atoms with E-state index in [1.165, 1.54) is 4.90 Å². The molecule has 3 rings (SSSR count). The summed E-state index contributed by atoms with van der Waals surface area (Å²) in [6, 6.07) is 8.87. The molecule has 140 valence electrons. The molecule has 0 aromatic heterocycles. The van der Waals surface area contributed by atoms with Crippen LogP contribution < -0.4 is 5.32 Å². The number of likely N-dealkylation sites (tertiary alicyclic amines) is 2. The Morgan fingerprint density at radius 1 is 1.23 bits per heavy atom. The fraction of sp³-hybridized carbons (Fsp3) is 0.526. The lowest BCUT2D eigenvalue weighted by Gasteiger charge is -2.35. The van der Waals surface area contributed by atoms with Gasteiger partial charge in [0.15, 0.2) is 0 Å². The van der Waals surface area contributed by atoms with E-state index in [2.05, 4.69) is 5.32 Å². The number of rotatable bonds is 4. The van der Waals surface area contributed by atoms with E-state index in [9.17, 15) is 19.5 Å². The zero-order valence-electron chi connectivity index (χ0n) is 14.9. The SMILES string of the molecule is CC1CC(C(=O)O)CN(C(=O)NC2CCN(Cc3ccccc3)C2=O)C1. The number of piperidine rings is 1. The molecule has 0 bridgehead atoms. The number of nitrogens with zero attached hydrogens (tertiary/aromatic N) is 2. The highest BCUT2D eigenvalue weighted by Crippen LogP contribution is 2.22. The molecule has 2 aliphatic rings. The summed E-state index contributed by atoms with van der Waals surface area (Å²) in [6.07, 6.45) is 1.15. The Labute approximate surface area is 153 Å². The lowest BCUT2D eigenvalue weighted by atomic mass is 9.91. The minimum Gasteiger partial charge on any atom is -0.481 e. The van der Waals surface area contributed by atoms with E-state index in [1.54, 1.807) is 4.90 Å². The third-order valence-electron chi connectivity index (χ3n) is 5.11. The molecule has 3 atom stereocenters. The van der Waals surface area contributed by atoms with Gasteiger partial charge < -0.3 is 20.2 Å². The molecule has 3 amide bonds. The highest BCUT2D eigenvalue weighted by atomic mass is 16.4. The van der Waals surface area contributed by atoms with Crippen molar-refractivity contribution < 1.29 is 19.5 Å². The van der Waals surface area contributed by atoms with Crippen molar-refractivity contribution in [2.24, 2.45) is 11.8 Å². The van der Waals surface area contributed by atoms with Crippen molar-refractivity contribution in [2.45, 2.75) is 32.4 Å². The fourth-order valence-electron chi connectivity index (χ4n) is 3.77. The van der Waals surface area contributed by atoms with Gasteiger partial charge in [0.1, 0.15) is 6.04 Å². The summed E-state index contributed by atoms with van der Waals surface area (Å²) in [5.41, 5.74) is 1.06. The molecule has 2 fully saturated rings. The van der Waals surface area contributed by atoms with Gasteiger partial charge in [0.25, 0.3) is 0 Å². The predicted octanol–water partition coefficient (Wildman–Crippen LogP) is 1.54. The molecule has 2 N–H and O–H groups in total. The number of carbonyl (C=O) groups is 3. The number of aliphatic carboxylic acids is 1. The summed E-state index contributed by atoms with van der Waals surface area (Å²) < 4.78 is 0. The highest BCUT2D eigenvalue weighted by Gasteiger charge is 2.36. The minimum absolute atomic E-state index is 0.0814. The normalized spacial score (nSPS) is 26.0. The van der Waals surface area contributed by atoms with Crippen molar-refractivity contribution in [1.82, 2.24) is 15.1 Å². The average Bonchev–Trinajstić information content (AvgIpc) is 2.95. The summed E-state index contributed by atoms with van der Waals surface area (Å²) in [7, 11) is 0. The quantitative estimate of drug-likeness (QED) is 0.853. The van der Waals surface area contributed by atoms with E-state index in [0.29, 0.717) is 32.5 Å². The molecule has 7 heteroatoms. The van der Waals surface area contributed by atoms with Crippen LogP contribution >= 0.6 is 0 Å². The molecule has 3 unspecified atom stereocenters. The average molecular weight is 359 g/mol. The van der Waals surface area contributed by atoms with Gasteiger partial charge in [-0.3, -0.25) is 9.59 Å². The molecular weight excluding hydrogens is 334 g/mol. The molecule has 1 aromatic carbocycles. The Balaban J connectivity index is 1.56. The maximum absolute atomic E-state index is 12.6. The van der Waals surface area contributed by atoms with Crippen LogP contribution in [-0.4, -0.2) is 58.5 Å². The van der Waals surface area contributed by atoms with Gasteiger partial charge in [-0.05, 0) is 24.3 Å². The van der Waals surface area contributed by atoms with Crippen molar-refractivity contribution in [3.63, 3.8) is 0 Å². The molecule has 0 saturated carbocycles. The topological polar surface area (TPSA) is 89.9 Å². The first-order valence-electron chi connectivity index (χ1n) is 9.05. The number of nitrogens with one attached hydrogen (secondary N) is 1. The lowest BCUT2D eigenvalue weighted by Crippen LogP contribution is -2.53. The molecule has 7 nitrogen and oxygen atoms in total. The Hall–Kier alpha value is -2.57. The van der Waals surface area contributed by atoms with E-state index < -0.39 is 17.9 Å². The maximum atomic E-state index is 12.6. The molecule has 2 saturated heterocycles. The van der Waals surface area contributed by atoms with Gasteiger partial charge in [-0.2, -0.15) is 0 Å². The van der Waals surface area contributed by atoms with Crippen LogP contribution in [0.3, 0.4) is 0 Å². The Morgan fingerprint density at radius 3 is 2.65 bits per heavy atom. The standard InChI is InChI=1S/C19H25N3O4/c1-13-9-15(18(24)25)12-22(10-13)19(26)20-16-7-8-21(17(16)23)11-14-5-3-2-4-6-14/h2-6,13,15-16H,7-12H2,1H3,(H,20,26)(H,24,25). The van der Waals surface area contributed by atoms with Crippen molar-refractivity contribution >= 4 is 17.9 Å². The van der Waals surface area contributed by atoms with Gasteiger partial charge in [0.2, 0.25) is 5.91 Å². The van der Waals surface area contributed by atoms with Gasteiger partial charge in [-0.15, -0.1) is 0 Å². The van der Waals surface area contributed by atoms with Crippen LogP contribution in [0.2, 0.25) is 0 Å². The molecule has 26 heavy (non-hydrogen) atoms. The summed E-state index contributed by atoms with van der Waals surface area (Å²) in [5.74, 6) is -1.37. The molecule has 2 aliphatic heterocycles. The first-order valence-corrected chi connectivity index (χ1v) is 9.05. The lowest BCUT2D eigenvalue weighted by molar-refractivity contribution is -0.143. The monoisotopic (exact) mass is 359 g/mol. The largest absolute Gasteiger partial charge is 0.481 e. The molecule has 0 radical (unpaired) electrons. The van der Waals surface area contributed by atoms with Crippen LogP contribution in [0.25, 0.3) is 0 Å². The number of carboxylic acids is 1. The van der Waals surface area contributed by atoms with Crippen LogP contribution in [0, 0.1) is 11.8 Å². The first-order chi connectivity index (χ1) is 12.4. The number of urea groups is 1. The van der Waals surface area contributed by atoms with E-state index in [4.69, 9.17) is 0 Å². The number of carboxylic acid groups (broad SMARTS) is 1. The second-order valence-electron chi connectivity index (χ2n) is 7.32. The van der Waals surface area contributed by atoms with Crippen LogP contribution in [0.4, 0.5) is 4.79 Å². The number of amides is 3. The summed E-state index contributed by atoms with van der Waals surface area (Å²) in [4.78, 5) is 39.6. The van der Waals surface area contributed by atoms with E-state index in [0.717, 1.165) is 5.56 Å². The molecule has 1 aromatic rings. The van der Waals surface area contributed by atoms with Crippen molar-refractivity contribution in [3.05, 3.63) is 35.9 Å². The fourth-order valence-corrected chi connectivity index (χ4v) is 3.77. The third-order valence-corrected chi connectivity index (χ3v) is 5.11. The summed E-state index contributed by atoms with van der Waals surface area (Å²) in [6.45, 7) is 3.79. The molecule has 2 heterocycles. The number of hydrogen-bond donors (Lipinski definition) is 2. The van der Waals surface area contributed by atoms with Gasteiger partial charge in [-0.25, -0.2) is 4.79 Å². The Morgan fingerprint density at radius 2 is 1.96 bits per heavy atom. The predicted molar refractivity (Wildman–Crippen MR) is 95.3 cm³/mol. The van der Waals surface area contributed by atoms with Crippen LogP contribution in [-0.2, 0) is 16.1 Å². The van der Waals surface area contributed by atoms with E-state index in [1.807, 2.05) is 37.3 Å². The van der Waals surface area contributed by atoms with Crippen LogP contribution in [0.15, 0.2) is 30.3 Å². The number of benzene rings is 1. The second kappa shape index (κ2) is 7.76. The smallest absolute Gasteiger partial charge is 0.318 e. The van der Waals surface area contributed by atoms with Gasteiger partial charge in [0, 0.05) is 26.2 Å². The zero-order chi connectivity index (χ0) is 18.7. The molecule has 0 spiro atoms. The first kappa shape index (κ1) is 18.2. The Bertz CT molecular complexity index is 679. The van der Waals surface area contributed by atoms with Crippen LogP contribution in [0.5, 0.6) is 0 Å². The number of carbonyl (C=O) groups excluding carboxylic acids is 2. The van der Waals surface area contributed by atoms with Gasteiger partial charge >= 0.3 is 12.0 Å². The zero-order valence-corrected chi connectivity index (χ0v) is 14.9. The molecular formula is C19H25N3O4. The summed E-state index contributed by atoms with van der Waals surface area (Å²) in [5, 5.41) is 12.0. The van der Waals surface area contributed by atoms with Gasteiger partial charge in [-0.1, -0.05) is 37.3 Å². The van der Waals surface area contributed by atoms with E-state index in [-0.39, 0.29) is 24.4 Å². The van der Waals surface area contributed by atoms with Crippen molar-refractivity contribution in [1.29, 1.82) is 0 Å². The van der Waals surface area contributed by atoms with E-state index >= 15 is 0 Å². The minimum atomic E-state index is -0.875. The number of hydrogen-bond acceptors (Lipinski definition) is 3. The van der Waals surface area contributed by atoms with Crippen molar-refractivity contribution in [2.75, 3.05) is 19.6 Å². The van der Waals surface area contributed by atoms with Crippen LogP contribution in [0.1, 0.15) is 25.3 Å².